The Bertz CT molecular complexity index is 330. The zero-order valence-electron chi connectivity index (χ0n) is 12.5. The second kappa shape index (κ2) is 8.93. The Hall–Kier alpha value is -0.130. The highest BCUT2D eigenvalue weighted by atomic mass is 32.2. The van der Waals surface area contributed by atoms with E-state index in [1.807, 2.05) is 6.92 Å². The van der Waals surface area contributed by atoms with Crippen LogP contribution in [0.15, 0.2) is 0 Å². The lowest BCUT2D eigenvalue weighted by Crippen LogP contribution is -2.34. The van der Waals surface area contributed by atoms with E-state index >= 15 is 0 Å². The molecule has 0 aromatic carbocycles. The number of sulfonamides is 1. The van der Waals surface area contributed by atoms with Crippen LogP contribution in [0.2, 0.25) is 0 Å². The summed E-state index contributed by atoms with van der Waals surface area (Å²) in [7, 11) is -3.03. The summed E-state index contributed by atoms with van der Waals surface area (Å²) >= 11 is 0. The van der Waals surface area contributed by atoms with Gasteiger partial charge in [0.15, 0.2) is 0 Å². The molecule has 1 N–H and O–H groups in total. The Labute approximate surface area is 119 Å². The molecule has 1 saturated heterocycles. The lowest BCUT2D eigenvalue weighted by molar-refractivity contribution is 0.399. The lowest BCUT2D eigenvalue weighted by Gasteiger charge is -2.20. The molecule has 0 spiro atoms. The van der Waals surface area contributed by atoms with Gasteiger partial charge in [-0.3, -0.25) is 0 Å². The molecule has 1 heterocycles. The van der Waals surface area contributed by atoms with E-state index in [0.29, 0.717) is 12.2 Å². The van der Waals surface area contributed by atoms with Gasteiger partial charge in [-0.1, -0.05) is 26.7 Å². The quantitative estimate of drug-likeness (QED) is 0.697. The van der Waals surface area contributed by atoms with Crippen LogP contribution >= 0.6 is 0 Å². The van der Waals surface area contributed by atoms with Gasteiger partial charge in [0, 0.05) is 13.1 Å². The minimum Gasteiger partial charge on any atom is -0.317 e. The predicted octanol–water partition coefficient (Wildman–Crippen LogP) is 2.22. The second-order valence-corrected chi connectivity index (χ2v) is 7.60. The van der Waals surface area contributed by atoms with Gasteiger partial charge in [-0.25, -0.2) is 12.7 Å². The van der Waals surface area contributed by atoms with Crippen LogP contribution in [0.1, 0.15) is 52.4 Å². The number of rotatable bonds is 8. The van der Waals surface area contributed by atoms with Gasteiger partial charge in [-0.2, -0.15) is 0 Å². The molecule has 1 unspecified atom stereocenters. The lowest BCUT2D eigenvalue weighted by atomic mass is 9.96. The summed E-state index contributed by atoms with van der Waals surface area (Å²) in [5.41, 5.74) is 0. The van der Waals surface area contributed by atoms with Crippen LogP contribution in [0.4, 0.5) is 0 Å². The summed E-state index contributed by atoms with van der Waals surface area (Å²) in [5.74, 6) is 1.02. The Balaban J connectivity index is 2.40. The van der Waals surface area contributed by atoms with Crippen LogP contribution in [0.5, 0.6) is 0 Å². The van der Waals surface area contributed by atoms with E-state index in [-0.39, 0.29) is 0 Å². The van der Waals surface area contributed by atoms with Gasteiger partial charge in [-0.05, 0) is 44.7 Å². The van der Waals surface area contributed by atoms with Gasteiger partial charge in [0.2, 0.25) is 10.0 Å². The van der Waals surface area contributed by atoms with E-state index < -0.39 is 10.0 Å². The van der Waals surface area contributed by atoms with Gasteiger partial charge in [0.25, 0.3) is 0 Å². The largest absolute Gasteiger partial charge is 0.317 e. The third-order valence-electron chi connectivity index (χ3n) is 3.90. The molecular formula is C14H30N2O2S. The fourth-order valence-corrected chi connectivity index (χ4v) is 4.36. The third-order valence-corrected chi connectivity index (χ3v) is 5.86. The number of hydrogen-bond donors (Lipinski definition) is 1. The van der Waals surface area contributed by atoms with Gasteiger partial charge >= 0.3 is 0 Å². The van der Waals surface area contributed by atoms with Crippen LogP contribution in [0, 0.1) is 5.92 Å². The van der Waals surface area contributed by atoms with Crippen molar-refractivity contribution < 1.29 is 8.42 Å². The fraction of sp³-hybridized carbons (Fsp3) is 1.00. The van der Waals surface area contributed by atoms with Crippen molar-refractivity contribution in [1.82, 2.24) is 9.62 Å². The van der Waals surface area contributed by atoms with Crippen LogP contribution in [-0.2, 0) is 10.0 Å². The molecule has 0 aliphatic carbocycles. The molecule has 0 saturated carbocycles. The number of nitrogens with one attached hydrogen (secondary N) is 1. The smallest absolute Gasteiger partial charge is 0.214 e. The van der Waals surface area contributed by atoms with Crippen LogP contribution in [0.25, 0.3) is 0 Å². The average Bonchev–Trinajstić information content (AvgIpc) is 2.61. The molecule has 1 atom stereocenters. The molecule has 1 rings (SSSR count). The first kappa shape index (κ1) is 16.9. The Morgan fingerprint density at radius 2 is 2.00 bits per heavy atom. The van der Waals surface area contributed by atoms with Crippen LogP contribution < -0.4 is 5.32 Å². The monoisotopic (exact) mass is 290 g/mol. The normalized spacial score (nSPS) is 22.3. The van der Waals surface area contributed by atoms with E-state index in [1.165, 1.54) is 19.3 Å². The molecule has 19 heavy (non-hydrogen) atoms. The zero-order valence-corrected chi connectivity index (χ0v) is 13.3. The molecule has 4 nitrogen and oxygen atoms in total. The van der Waals surface area contributed by atoms with Gasteiger partial charge in [-0.15, -0.1) is 0 Å². The summed E-state index contributed by atoms with van der Waals surface area (Å²) in [6, 6.07) is 0. The molecular weight excluding hydrogens is 260 g/mol. The molecule has 0 bridgehead atoms. The molecule has 0 radical (unpaired) electrons. The number of nitrogens with zero attached hydrogens (tertiary/aromatic N) is 1. The molecule has 0 amide bonds. The standard InChI is InChI=1S/C14H30N2O2S/c1-3-7-14-8-5-11-16(12-9-14)19(17,18)13-6-10-15-4-2/h14-15H,3-13H2,1-2H3. The van der Waals surface area contributed by atoms with Crippen LogP contribution in [0.3, 0.4) is 0 Å². The summed E-state index contributed by atoms with van der Waals surface area (Å²) in [5, 5.41) is 3.18. The van der Waals surface area contributed by atoms with Crippen molar-refractivity contribution in [3.63, 3.8) is 0 Å². The van der Waals surface area contributed by atoms with E-state index in [9.17, 15) is 8.42 Å². The van der Waals surface area contributed by atoms with Crippen molar-refractivity contribution >= 4 is 10.0 Å². The average molecular weight is 290 g/mol. The zero-order chi connectivity index (χ0) is 14.1. The van der Waals surface area contributed by atoms with Crippen LogP contribution in [-0.4, -0.2) is 44.7 Å². The van der Waals surface area contributed by atoms with Crippen molar-refractivity contribution in [1.29, 1.82) is 0 Å². The van der Waals surface area contributed by atoms with Crippen molar-refractivity contribution in [2.75, 3.05) is 31.9 Å². The first-order valence-electron chi connectivity index (χ1n) is 7.78. The van der Waals surface area contributed by atoms with Crippen molar-refractivity contribution in [3.8, 4) is 0 Å². The Morgan fingerprint density at radius 1 is 1.21 bits per heavy atom. The first-order valence-corrected chi connectivity index (χ1v) is 9.39. The maximum Gasteiger partial charge on any atom is 0.214 e. The maximum atomic E-state index is 12.3. The molecule has 0 aromatic rings. The van der Waals surface area contributed by atoms with E-state index in [1.54, 1.807) is 4.31 Å². The minimum atomic E-state index is -3.03. The Kier molecular flexibility index (Phi) is 7.95. The topological polar surface area (TPSA) is 49.4 Å². The van der Waals surface area contributed by atoms with E-state index in [0.717, 1.165) is 44.9 Å². The second-order valence-electron chi connectivity index (χ2n) is 5.51. The van der Waals surface area contributed by atoms with E-state index in [4.69, 9.17) is 0 Å². The molecule has 1 aliphatic rings. The predicted molar refractivity (Wildman–Crippen MR) is 80.8 cm³/mol. The van der Waals surface area contributed by atoms with Gasteiger partial charge in [0.05, 0.1) is 5.75 Å². The third kappa shape index (κ3) is 6.23. The SMILES string of the molecule is CCCC1CCCN(S(=O)(=O)CCCNCC)CC1. The van der Waals surface area contributed by atoms with E-state index in [2.05, 4.69) is 12.2 Å². The fourth-order valence-electron chi connectivity index (χ4n) is 2.80. The number of hydrogen-bond acceptors (Lipinski definition) is 3. The molecule has 114 valence electrons. The first-order chi connectivity index (χ1) is 9.10. The van der Waals surface area contributed by atoms with Gasteiger partial charge < -0.3 is 5.32 Å². The molecule has 5 heteroatoms. The minimum absolute atomic E-state index is 0.290. The highest BCUT2D eigenvalue weighted by molar-refractivity contribution is 7.89. The summed E-state index contributed by atoms with van der Waals surface area (Å²) in [6.07, 6.45) is 6.42. The molecule has 1 aliphatic heterocycles. The van der Waals surface area contributed by atoms with Crippen molar-refractivity contribution in [3.05, 3.63) is 0 Å². The van der Waals surface area contributed by atoms with Gasteiger partial charge in [0.1, 0.15) is 0 Å². The molecule has 1 fully saturated rings. The Morgan fingerprint density at radius 3 is 2.68 bits per heavy atom. The maximum absolute atomic E-state index is 12.3. The van der Waals surface area contributed by atoms with Crippen molar-refractivity contribution in [2.45, 2.75) is 52.4 Å². The molecule has 0 aromatic heterocycles. The summed E-state index contributed by atoms with van der Waals surface area (Å²) < 4.78 is 26.3. The highest BCUT2D eigenvalue weighted by Crippen LogP contribution is 2.23. The highest BCUT2D eigenvalue weighted by Gasteiger charge is 2.25. The summed E-state index contributed by atoms with van der Waals surface area (Å²) in [4.78, 5) is 0. The van der Waals surface area contributed by atoms with Crippen molar-refractivity contribution in [2.24, 2.45) is 5.92 Å². The summed E-state index contributed by atoms with van der Waals surface area (Å²) in [6.45, 7) is 7.40.